The zero-order chi connectivity index (χ0) is 12.5. The highest BCUT2D eigenvalue weighted by Gasteiger charge is 2.10. The lowest BCUT2D eigenvalue weighted by Gasteiger charge is -2.12. The van der Waals surface area contributed by atoms with Crippen molar-refractivity contribution >= 4 is 5.82 Å². The molecule has 5 nitrogen and oxygen atoms in total. The average Bonchev–Trinajstić information content (AvgIpc) is 2.36. The predicted octanol–water partition coefficient (Wildman–Crippen LogP) is 2.06. The SMILES string of the molecule is C=CCCCOc1ncnc(NN)c1CCC. The Labute approximate surface area is 102 Å². The van der Waals surface area contributed by atoms with Gasteiger partial charge in [-0.05, 0) is 19.3 Å². The molecule has 1 aromatic rings. The smallest absolute Gasteiger partial charge is 0.221 e. The van der Waals surface area contributed by atoms with Gasteiger partial charge in [-0.1, -0.05) is 19.4 Å². The highest BCUT2D eigenvalue weighted by molar-refractivity contribution is 5.47. The largest absolute Gasteiger partial charge is 0.477 e. The Kier molecular flexibility index (Phi) is 6.03. The van der Waals surface area contributed by atoms with Crippen LogP contribution in [0.2, 0.25) is 0 Å². The van der Waals surface area contributed by atoms with Gasteiger partial charge < -0.3 is 10.2 Å². The van der Waals surface area contributed by atoms with Crippen molar-refractivity contribution in [1.82, 2.24) is 9.97 Å². The van der Waals surface area contributed by atoms with Crippen LogP contribution in [0.5, 0.6) is 5.88 Å². The molecule has 3 N–H and O–H groups in total. The van der Waals surface area contributed by atoms with E-state index in [-0.39, 0.29) is 0 Å². The lowest BCUT2D eigenvalue weighted by Crippen LogP contribution is -2.13. The van der Waals surface area contributed by atoms with Gasteiger partial charge in [-0.15, -0.1) is 6.58 Å². The first-order valence-corrected chi connectivity index (χ1v) is 5.87. The Balaban J connectivity index is 2.71. The van der Waals surface area contributed by atoms with Gasteiger partial charge in [-0.3, -0.25) is 0 Å². The molecule has 0 aromatic carbocycles. The molecule has 0 aliphatic rings. The zero-order valence-corrected chi connectivity index (χ0v) is 10.3. The molecule has 0 radical (unpaired) electrons. The molecule has 94 valence electrons. The number of aromatic nitrogens is 2. The summed E-state index contributed by atoms with van der Waals surface area (Å²) in [4.78, 5) is 8.23. The average molecular weight is 236 g/mol. The molecule has 5 heteroatoms. The van der Waals surface area contributed by atoms with E-state index in [4.69, 9.17) is 10.6 Å². The second kappa shape index (κ2) is 7.62. The molecule has 1 aromatic heterocycles. The first-order chi connectivity index (χ1) is 8.33. The van der Waals surface area contributed by atoms with E-state index < -0.39 is 0 Å². The molecule has 0 amide bonds. The van der Waals surface area contributed by atoms with Gasteiger partial charge in [-0.25, -0.2) is 15.8 Å². The molecule has 0 unspecified atom stereocenters. The minimum atomic E-state index is 0.624. The molecule has 0 aliphatic heterocycles. The number of hydrogen-bond donors (Lipinski definition) is 2. The molecule has 1 rings (SSSR count). The van der Waals surface area contributed by atoms with Crippen LogP contribution in [0.3, 0.4) is 0 Å². The van der Waals surface area contributed by atoms with Gasteiger partial charge in [0.05, 0.1) is 12.2 Å². The summed E-state index contributed by atoms with van der Waals surface area (Å²) in [5.74, 6) is 6.68. The van der Waals surface area contributed by atoms with Crippen molar-refractivity contribution in [1.29, 1.82) is 0 Å². The van der Waals surface area contributed by atoms with E-state index >= 15 is 0 Å². The maximum Gasteiger partial charge on any atom is 0.221 e. The lowest BCUT2D eigenvalue weighted by atomic mass is 10.2. The normalized spacial score (nSPS) is 10.0. The summed E-state index contributed by atoms with van der Waals surface area (Å²) in [7, 11) is 0. The Morgan fingerprint density at radius 2 is 2.35 bits per heavy atom. The molecule has 0 atom stereocenters. The number of nitrogens with two attached hydrogens (primary N) is 1. The molecule has 0 fully saturated rings. The van der Waals surface area contributed by atoms with Crippen molar-refractivity contribution < 1.29 is 4.74 Å². The molecule has 0 spiro atoms. The van der Waals surface area contributed by atoms with Crippen molar-refractivity contribution in [3.8, 4) is 5.88 Å². The first kappa shape index (κ1) is 13.4. The van der Waals surface area contributed by atoms with E-state index in [2.05, 4.69) is 28.9 Å². The van der Waals surface area contributed by atoms with Gasteiger partial charge in [0.25, 0.3) is 0 Å². The molecular weight excluding hydrogens is 216 g/mol. The van der Waals surface area contributed by atoms with Gasteiger partial charge in [0.1, 0.15) is 12.1 Å². The maximum absolute atomic E-state index is 5.64. The summed E-state index contributed by atoms with van der Waals surface area (Å²) in [6.45, 7) is 6.39. The van der Waals surface area contributed by atoms with Crippen LogP contribution < -0.4 is 16.0 Å². The zero-order valence-electron chi connectivity index (χ0n) is 10.3. The predicted molar refractivity (Wildman–Crippen MR) is 68.8 cm³/mol. The van der Waals surface area contributed by atoms with Crippen molar-refractivity contribution in [2.75, 3.05) is 12.0 Å². The van der Waals surface area contributed by atoms with E-state index in [1.807, 2.05) is 6.08 Å². The quantitative estimate of drug-likeness (QED) is 0.313. The number of hydrogen-bond acceptors (Lipinski definition) is 5. The molecule has 1 heterocycles. The van der Waals surface area contributed by atoms with Gasteiger partial charge >= 0.3 is 0 Å². The van der Waals surface area contributed by atoms with Crippen LogP contribution in [-0.4, -0.2) is 16.6 Å². The van der Waals surface area contributed by atoms with Crippen LogP contribution in [0, 0.1) is 0 Å². The summed E-state index contributed by atoms with van der Waals surface area (Å²) in [5.41, 5.74) is 3.52. The summed E-state index contributed by atoms with van der Waals surface area (Å²) >= 11 is 0. The van der Waals surface area contributed by atoms with Crippen LogP contribution in [0.1, 0.15) is 31.7 Å². The molecule has 0 aliphatic carbocycles. The van der Waals surface area contributed by atoms with Gasteiger partial charge in [-0.2, -0.15) is 0 Å². The third kappa shape index (κ3) is 4.03. The van der Waals surface area contributed by atoms with E-state index in [9.17, 15) is 0 Å². The van der Waals surface area contributed by atoms with Gasteiger partial charge in [0.15, 0.2) is 0 Å². The monoisotopic (exact) mass is 236 g/mol. The number of ether oxygens (including phenoxy) is 1. The second-order valence-corrected chi connectivity index (χ2v) is 3.68. The van der Waals surface area contributed by atoms with Gasteiger partial charge in [0.2, 0.25) is 5.88 Å². The number of allylic oxidation sites excluding steroid dienone is 1. The number of nitrogens with one attached hydrogen (secondary N) is 1. The molecule has 0 saturated heterocycles. The second-order valence-electron chi connectivity index (χ2n) is 3.68. The Hall–Kier alpha value is -1.62. The fraction of sp³-hybridized carbons (Fsp3) is 0.500. The van der Waals surface area contributed by atoms with Crippen LogP contribution in [-0.2, 0) is 6.42 Å². The highest BCUT2D eigenvalue weighted by atomic mass is 16.5. The Bertz CT molecular complexity index is 354. The summed E-state index contributed by atoms with van der Waals surface area (Å²) in [6, 6.07) is 0. The Morgan fingerprint density at radius 1 is 1.53 bits per heavy atom. The van der Waals surface area contributed by atoms with Crippen LogP contribution in [0.4, 0.5) is 5.82 Å². The first-order valence-electron chi connectivity index (χ1n) is 5.87. The fourth-order valence-corrected chi connectivity index (χ4v) is 1.52. The van der Waals surface area contributed by atoms with Crippen LogP contribution >= 0.6 is 0 Å². The van der Waals surface area contributed by atoms with Crippen molar-refractivity contribution in [2.24, 2.45) is 5.84 Å². The minimum absolute atomic E-state index is 0.624. The summed E-state index contributed by atoms with van der Waals surface area (Å²) < 4.78 is 5.64. The minimum Gasteiger partial charge on any atom is -0.477 e. The maximum atomic E-state index is 5.64. The van der Waals surface area contributed by atoms with Crippen LogP contribution in [0.15, 0.2) is 19.0 Å². The van der Waals surface area contributed by atoms with E-state index in [0.717, 1.165) is 31.2 Å². The molecule has 0 saturated carbocycles. The number of rotatable bonds is 8. The molecule has 0 bridgehead atoms. The van der Waals surface area contributed by atoms with Crippen molar-refractivity contribution in [3.63, 3.8) is 0 Å². The highest BCUT2D eigenvalue weighted by Crippen LogP contribution is 2.22. The third-order valence-electron chi connectivity index (χ3n) is 2.33. The van der Waals surface area contributed by atoms with E-state index in [1.165, 1.54) is 6.33 Å². The summed E-state index contributed by atoms with van der Waals surface area (Å²) in [5, 5.41) is 0. The third-order valence-corrected chi connectivity index (χ3v) is 2.33. The van der Waals surface area contributed by atoms with Gasteiger partial charge in [0, 0.05) is 0 Å². The standard InChI is InChI=1S/C12H20N4O/c1-3-5-6-8-17-12-10(7-4-2)11(16-13)14-9-15-12/h3,9H,1,4-8,13H2,2H3,(H,14,15,16). The molecule has 17 heavy (non-hydrogen) atoms. The molecular formula is C12H20N4O. The van der Waals surface area contributed by atoms with Crippen molar-refractivity contribution in [3.05, 3.63) is 24.5 Å². The van der Waals surface area contributed by atoms with E-state index in [0.29, 0.717) is 18.3 Å². The topological polar surface area (TPSA) is 73.1 Å². The number of nitrogen functional groups attached to an aromatic ring is 1. The Morgan fingerprint density at radius 3 is 3.00 bits per heavy atom. The van der Waals surface area contributed by atoms with E-state index in [1.54, 1.807) is 0 Å². The van der Waals surface area contributed by atoms with Crippen molar-refractivity contribution in [2.45, 2.75) is 32.6 Å². The fourth-order valence-electron chi connectivity index (χ4n) is 1.52. The summed E-state index contributed by atoms with van der Waals surface area (Å²) in [6.07, 6.45) is 7.04. The number of hydrazine groups is 1. The number of unbranched alkanes of at least 4 members (excludes halogenated alkanes) is 1. The van der Waals surface area contributed by atoms with Crippen LogP contribution in [0.25, 0.3) is 0 Å². The number of anilines is 1. The number of nitrogens with zero attached hydrogens (tertiary/aromatic N) is 2. The lowest BCUT2D eigenvalue weighted by molar-refractivity contribution is 0.296.